The molecule has 0 aliphatic heterocycles. The lowest BCUT2D eigenvalue weighted by molar-refractivity contribution is -0.116. The van der Waals surface area contributed by atoms with Gasteiger partial charge in [0.15, 0.2) is 0 Å². The highest BCUT2D eigenvalue weighted by molar-refractivity contribution is 5.89. The molecule has 126 valence electrons. The van der Waals surface area contributed by atoms with Crippen LogP contribution in [0.1, 0.15) is 25.3 Å². The largest absolute Gasteiger partial charge is 0.294 e. The van der Waals surface area contributed by atoms with Crippen LogP contribution in [-0.4, -0.2) is 15.9 Å². The normalized spacial score (nSPS) is 10.5. The number of anilines is 1. The van der Waals surface area contributed by atoms with E-state index < -0.39 is 0 Å². The summed E-state index contributed by atoms with van der Waals surface area (Å²) in [5.74, 6) is 0.276. The summed E-state index contributed by atoms with van der Waals surface area (Å²) in [6, 6.07) is 20.0. The van der Waals surface area contributed by atoms with Crippen LogP contribution in [0.5, 0.6) is 0 Å². The van der Waals surface area contributed by atoms with Crippen LogP contribution in [0.4, 0.5) is 5.95 Å². The van der Waals surface area contributed by atoms with Gasteiger partial charge in [-0.2, -0.15) is 0 Å². The minimum Gasteiger partial charge on any atom is -0.294 e. The second-order valence-corrected chi connectivity index (χ2v) is 5.99. The Bertz CT molecular complexity index is 858. The highest BCUT2D eigenvalue weighted by Crippen LogP contribution is 2.25. The molecule has 1 aromatic heterocycles. The SMILES string of the molecule is CCCC(=O)Nc1nc(-c2ccccc2)cc(-c2ccc(C)cc2)n1. The van der Waals surface area contributed by atoms with E-state index in [-0.39, 0.29) is 5.91 Å². The maximum atomic E-state index is 12.0. The van der Waals surface area contributed by atoms with Gasteiger partial charge in [0.05, 0.1) is 11.4 Å². The molecular formula is C21H21N3O. The summed E-state index contributed by atoms with van der Waals surface area (Å²) >= 11 is 0. The average molecular weight is 331 g/mol. The molecule has 3 rings (SSSR count). The maximum Gasteiger partial charge on any atom is 0.230 e. The molecule has 0 aliphatic carbocycles. The Hall–Kier alpha value is -3.01. The molecule has 0 fully saturated rings. The van der Waals surface area contributed by atoms with E-state index in [2.05, 4.69) is 34.3 Å². The summed E-state index contributed by atoms with van der Waals surface area (Å²) < 4.78 is 0. The van der Waals surface area contributed by atoms with Gasteiger partial charge in [0.25, 0.3) is 0 Å². The third-order valence-electron chi connectivity index (χ3n) is 3.87. The predicted octanol–water partition coefficient (Wildman–Crippen LogP) is 4.86. The van der Waals surface area contributed by atoms with Gasteiger partial charge in [0, 0.05) is 17.5 Å². The molecule has 4 heteroatoms. The molecule has 1 heterocycles. The number of amides is 1. The van der Waals surface area contributed by atoms with Crippen molar-refractivity contribution in [1.29, 1.82) is 0 Å². The van der Waals surface area contributed by atoms with Crippen molar-refractivity contribution in [3.63, 3.8) is 0 Å². The van der Waals surface area contributed by atoms with E-state index in [1.807, 2.05) is 55.5 Å². The highest BCUT2D eigenvalue weighted by atomic mass is 16.1. The molecular weight excluding hydrogens is 310 g/mol. The van der Waals surface area contributed by atoms with Gasteiger partial charge in [-0.1, -0.05) is 67.1 Å². The van der Waals surface area contributed by atoms with Crippen molar-refractivity contribution in [3.8, 4) is 22.5 Å². The minimum atomic E-state index is -0.0671. The Kier molecular flexibility index (Phi) is 5.19. The Morgan fingerprint density at radius 1 is 0.920 bits per heavy atom. The van der Waals surface area contributed by atoms with Crippen molar-refractivity contribution in [1.82, 2.24) is 9.97 Å². The van der Waals surface area contributed by atoms with Gasteiger partial charge >= 0.3 is 0 Å². The van der Waals surface area contributed by atoms with Crippen LogP contribution in [0.15, 0.2) is 60.7 Å². The molecule has 25 heavy (non-hydrogen) atoms. The van der Waals surface area contributed by atoms with E-state index in [1.54, 1.807) is 0 Å². The number of hydrogen-bond acceptors (Lipinski definition) is 3. The van der Waals surface area contributed by atoms with Gasteiger partial charge in [-0.3, -0.25) is 10.1 Å². The fourth-order valence-electron chi connectivity index (χ4n) is 2.55. The Balaban J connectivity index is 2.04. The lowest BCUT2D eigenvalue weighted by Gasteiger charge is -2.10. The first-order valence-electron chi connectivity index (χ1n) is 8.47. The summed E-state index contributed by atoms with van der Waals surface area (Å²) in [5, 5.41) is 2.81. The molecule has 0 saturated heterocycles. The first-order valence-corrected chi connectivity index (χ1v) is 8.47. The molecule has 0 atom stereocenters. The average Bonchev–Trinajstić information content (AvgIpc) is 2.63. The third-order valence-corrected chi connectivity index (χ3v) is 3.87. The zero-order chi connectivity index (χ0) is 17.6. The van der Waals surface area contributed by atoms with Crippen molar-refractivity contribution >= 4 is 11.9 Å². The van der Waals surface area contributed by atoms with Gasteiger partial charge in [0.1, 0.15) is 0 Å². The summed E-state index contributed by atoms with van der Waals surface area (Å²) in [5.41, 5.74) is 4.76. The Morgan fingerprint density at radius 2 is 1.52 bits per heavy atom. The van der Waals surface area contributed by atoms with Gasteiger partial charge in [-0.25, -0.2) is 9.97 Å². The fourth-order valence-corrected chi connectivity index (χ4v) is 2.55. The molecule has 3 aromatic rings. The number of benzene rings is 2. The first kappa shape index (κ1) is 16.8. The van der Waals surface area contributed by atoms with E-state index in [1.165, 1.54) is 5.56 Å². The second kappa shape index (κ2) is 7.71. The smallest absolute Gasteiger partial charge is 0.230 e. The zero-order valence-corrected chi connectivity index (χ0v) is 14.5. The molecule has 0 bridgehead atoms. The van der Waals surface area contributed by atoms with Crippen LogP contribution < -0.4 is 5.32 Å². The van der Waals surface area contributed by atoms with Crippen LogP contribution in [0.25, 0.3) is 22.5 Å². The molecule has 4 nitrogen and oxygen atoms in total. The standard InChI is InChI=1S/C21H21N3O/c1-3-7-20(25)24-21-22-18(16-8-5-4-6-9-16)14-19(23-21)17-12-10-15(2)11-13-17/h4-6,8-14H,3,7H2,1-2H3,(H,22,23,24,25). The van der Waals surface area contributed by atoms with Gasteiger partial charge in [-0.15, -0.1) is 0 Å². The number of nitrogens with one attached hydrogen (secondary N) is 1. The van der Waals surface area contributed by atoms with Crippen LogP contribution >= 0.6 is 0 Å². The summed E-state index contributed by atoms with van der Waals surface area (Å²) in [6.07, 6.45) is 1.24. The van der Waals surface area contributed by atoms with Gasteiger partial charge in [-0.05, 0) is 19.4 Å². The molecule has 0 aliphatic rings. The van der Waals surface area contributed by atoms with Crippen molar-refractivity contribution in [2.24, 2.45) is 0 Å². The second-order valence-electron chi connectivity index (χ2n) is 5.99. The van der Waals surface area contributed by atoms with Crippen molar-refractivity contribution < 1.29 is 4.79 Å². The van der Waals surface area contributed by atoms with Crippen LogP contribution in [0.2, 0.25) is 0 Å². The van der Waals surface area contributed by atoms with Crippen LogP contribution in [-0.2, 0) is 4.79 Å². The number of aromatic nitrogens is 2. The highest BCUT2D eigenvalue weighted by Gasteiger charge is 2.10. The Labute approximate surface area is 148 Å². The third kappa shape index (κ3) is 4.29. The zero-order valence-electron chi connectivity index (χ0n) is 14.5. The maximum absolute atomic E-state index is 12.0. The molecule has 1 N–H and O–H groups in total. The molecule has 1 amide bonds. The number of hydrogen-bond donors (Lipinski definition) is 1. The number of nitrogens with zero attached hydrogens (tertiary/aromatic N) is 2. The number of carbonyl (C=O) groups is 1. The lowest BCUT2D eigenvalue weighted by atomic mass is 10.1. The summed E-state index contributed by atoms with van der Waals surface area (Å²) in [7, 11) is 0. The topological polar surface area (TPSA) is 54.9 Å². The fraction of sp³-hybridized carbons (Fsp3) is 0.190. The summed E-state index contributed by atoms with van der Waals surface area (Å²) in [6.45, 7) is 4.02. The van der Waals surface area contributed by atoms with E-state index in [9.17, 15) is 4.79 Å². The molecule has 0 spiro atoms. The molecule has 0 saturated carbocycles. The van der Waals surface area contributed by atoms with Crippen molar-refractivity contribution in [3.05, 3.63) is 66.2 Å². The van der Waals surface area contributed by atoms with E-state index in [4.69, 9.17) is 0 Å². The van der Waals surface area contributed by atoms with E-state index >= 15 is 0 Å². The first-order chi connectivity index (χ1) is 12.2. The lowest BCUT2D eigenvalue weighted by Crippen LogP contribution is -2.13. The predicted molar refractivity (Wildman–Crippen MR) is 101 cm³/mol. The van der Waals surface area contributed by atoms with E-state index in [0.717, 1.165) is 28.9 Å². The monoisotopic (exact) mass is 331 g/mol. The van der Waals surface area contributed by atoms with Gasteiger partial charge in [0.2, 0.25) is 11.9 Å². The quantitative estimate of drug-likeness (QED) is 0.726. The molecule has 0 radical (unpaired) electrons. The van der Waals surface area contributed by atoms with Crippen molar-refractivity contribution in [2.75, 3.05) is 5.32 Å². The number of rotatable bonds is 5. The van der Waals surface area contributed by atoms with Crippen LogP contribution in [0.3, 0.4) is 0 Å². The van der Waals surface area contributed by atoms with Crippen LogP contribution in [0, 0.1) is 6.92 Å². The minimum absolute atomic E-state index is 0.0671. The molecule has 0 unspecified atom stereocenters. The number of carbonyl (C=O) groups excluding carboxylic acids is 1. The van der Waals surface area contributed by atoms with E-state index in [0.29, 0.717) is 12.4 Å². The summed E-state index contributed by atoms with van der Waals surface area (Å²) in [4.78, 5) is 21.0. The van der Waals surface area contributed by atoms with Crippen molar-refractivity contribution in [2.45, 2.75) is 26.7 Å². The Morgan fingerprint density at radius 3 is 2.12 bits per heavy atom. The van der Waals surface area contributed by atoms with Gasteiger partial charge < -0.3 is 0 Å². The molecule has 2 aromatic carbocycles. The number of aryl methyl sites for hydroxylation is 1.